The van der Waals surface area contributed by atoms with Crippen LogP contribution in [0.25, 0.3) is 29.4 Å². The fraction of sp³-hybridized carbons (Fsp3) is 0.444. The van der Waals surface area contributed by atoms with Crippen LogP contribution in [0.4, 0.5) is 4.39 Å². The SMILES string of the molecule is CCC(C)CC(C)/C=C/c1c(C2CC2)nc2c(c1-c1ccc(F)cc1)=CCCC=2. The summed E-state index contributed by atoms with van der Waals surface area (Å²) < 4.78 is 13.6. The van der Waals surface area contributed by atoms with E-state index in [9.17, 15) is 4.39 Å². The van der Waals surface area contributed by atoms with Gasteiger partial charge in [-0.2, -0.15) is 0 Å². The molecule has 152 valence electrons. The highest BCUT2D eigenvalue weighted by molar-refractivity contribution is 5.78. The summed E-state index contributed by atoms with van der Waals surface area (Å²) in [5.41, 5.74) is 4.81. The fourth-order valence-electron chi connectivity index (χ4n) is 4.37. The lowest BCUT2D eigenvalue weighted by atomic mass is 9.90. The number of benzene rings is 1. The maximum atomic E-state index is 13.6. The number of nitrogens with zero attached hydrogens (tertiary/aromatic N) is 1. The van der Waals surface area contributed by atoms with Crippen LogP contribution in [-0.4, -0.2) is 4.98 Å². The third-order valence-corrected chi connectivity index (χ3v) is 6.34. The summed E-state index contributed by atoms with van der Waals surface area (Å²) in [6, 6.07) is 6.99. The van der Waals surface area contributed by atoms with Crippen molar-refractivity contribution >= 4 is 18.2 Å². The van der Waals surface area contributed by atoms with Crippen LogP contribution in [-0.2, 0) is 0 Å². The quantitative estimate of drug-likeness (QED) is 0.549. The van der Waals surface area contributed by atoms with E-state index in [1.54, 1.807) is 12.1 Å². The summed E-state index contributed by atoms with van der Waals surface area (Å²) in [5, 5.41) is 2.34. The van der Waals surface area contributed by atoms with E-state index in [2.05, 4.69) is 45.1 Å². The van der Waals surface area contributed by atoms with Crippen LogP contribution < -0.4 is 10.6 Å². The average molecular weight is 390 g/mol. The van der Waals surface area contributed by atoms with Gasteiger partial charge in [-0.05, 0) is 67.2 Å². The Kier molecular flexibility index (Phi) is 5.99. The second-order valence-electron chi connectivity index (χ2n) is 8.94. The molecule has 4 rings (SSSR count). The van der Waals surface area contributed by atoms with Gasteiger partial charge in [0.15, 0.2) is 0 Å². The van der Waals surface area contributed by atoms with E-state index in [1.165, 1.54) is 47.7 Å². The summed E-state index contributed by atoms with van der Waals surface area (Å²) in [6.45, 7) is 6.90. The first kappa shape index (κ1) is 20.1. The second kappa shape index (κ2) is 8.65. The van der Waals surface area contributed by atoms with Crippen molar-refractivity contribution < 1.29 is 4.39 Å². The van der Waals surface area contributed by atoms with Gasteiger partial charge >= 0.3 is 0 Å². The zero-order valence-corrected chi connectivity index (χ0v) is 17.9. The first-order chi connectivity index (χ1) is 14.1. The molecular formula is C27H32FN. The van der Waals surface area contributed by atoms with Gasteiger partial charge in [-0.25, -0.2) is 4.39 Å². The van der Waals surface area contributed by atoms with Gasteiger partial charge in [0.05, 0.1) is 11.0 Å². The molecule has 1 aromatic carbocycles. The minimum Gasteiger partial charge on any atom is -0.252 e. The lowest BCUT2D eigenvalue weighted by molar-refractivity contribution is 0.456. The zero-order chi connectivity index (χ0) is 20.4. The van der Waals surface area contributed by atoms with E-state index in [-0.39, 0.29) is 5.82 Å². The summed E-state index contributed by atoms with van der Waals surface area (Å²) in [5.74, 6) is 1.65. The Balaban J connectivity index is 1.87. The third kappa shape index (κ3) is 4.52. The van der Waals surface area contributed by atoms with E-state index in [4.69, 9.17) is 4.98 Å². The molecule has 0 radical (unpaired) electrons. The molecule has 0 spiro atoms. The minimum atomic E-state index is -0.186. The maximum absolute atomic E-state index is 13.6. The number of allylic oxidation sites excluding steroid dienone is 1. The zero-order valence-electron chi connectivity index (χ0n) is 17.9. The molecule has 2 aliphatic carbocycles. The third-order valence-electron chi connectivity index (χ3n) is 6.34. The molecule has 0 aliphatic heterocycles. The van der Waals surface area contributed by atoms with Crippen molar-refractivity contribution in [1.82, 2.24) is 4.98 Å². The van der Waals surface area contributed by atoms with Crippen molar-refractivity contribution in [1.29, 1.82) is 0 Å². The number of aromatic nitrogens is 1. The van der Waals surface area contributed by atoms with Crippen molar-refractivity contribution in [3.63, 3.8) is 0 Å². The van der Waals surface area contributed by atoms with Gasteiger partial charge in [-0.1, -0.05) is 63.6 Å². The van der Waals surface area contributed by atoms with Gasteiger partial charge < -0.3 is 0 Å². The van der Waals surface area contributed by atoms with Crippen LogP contribution in [0.1, 0.15) is 76.5 Å². The molecule has 0 amide bonds. The lowest BCUT2D eigenvalue weighted by Gasteiger charge is -2.17. The first-order valence-corrected chi connectivity index (χ1v) is 11.2. The number of hydrogen-bond donors (Lipinski definition) is 0. The summed E-state index contributed by atoms with van der Waals surface area (Å²) in [6.07, 6.45) is 16.2. The fourth-order valence-corrected chi connectivity index (χ4v) is 4.37. The van der Waals surface area contributed by atoms with Crippen LogP contribution in [0.2, 0.25) is 0 Å². The van der Waals surface area contributed by atoms with E-state index >= 15 is 0 Å². The van der Waals surface area contributed by atoms with E-state index in [1.807, 2.05) is 12.1 Å². The molecule has 0 saturated heterocycles. The predicted molar refractivity (Wildman–Crippen MR) is 121 cm³/mol. The molecule has 0 N–H and O–H groups in total. The Morgan fingerprint density at radius 3 is 2.52 bits per heavy atom. The molecule has 0 bridgehead atoms. The number of pyridine rings is 1. The molecule has 1 nitrogen and oxygen atoms in total. The highest BCUT2D eigenvalue weighted by Crippen LogP contribution is 2.42. The molecule has 2 heteroatoms. The molecule has 1 saturated carbocycles. The van der Waals surface area contributed by atoms with Gasteiger partial charge in [0.2, 0.25) is 0 Å². The van der Waals surface area contributed by atoms with E-state index in [0.29, 0.717) is 11.8 Å². The molecule has 2 atom stereocenters. The van der Waals surface area contributed by atoms with Crippen LogP contribution >= 0.6 is 0 Å². The van der Waals surface area contributed by atoms with Crippen molar-refractivity contribution in [3.8, 4) is 11.1 Å². The number of fused-ring (bicyclic) bond motifs is 1. The monoisotopic (exact) mass is 389 g/mol. The van der Waals surface area contributed by atoms with Gasteiger partial charge in [0.1, 0.15) is 5.82 Å². The smallest absolute Gasteiger partial charge is 0.123 e. The summed E-state index contributed by atoms with van der Waals surface area (Å²) >= 11 is 0. The minimum absolute atomic E-state index is 0.186. The lowest BCUT2D eigenvalue weighted by Crippen LogP contribution is -2.34. The molecular weight excluding hydrogens is 357 g/mol. The highest BCUT2D eigenvalue weighted by Gasteiger charge is 2.29. The second-order valence-corrected chi connectivity index (χ2v) is 8.94. The van der Waals surface area contributed by atoms with E-state index < -0.39 is 0 Å². The Morgan fingerprint density at radius 2 is 1.83 bits per heavy atom. The first-order valence-electron chi connectivity index (χ1n) is 11.2. The molecule has 2 aliphatic rings. The largest absolute Gasteiger partial charge is 0.252 e. The van der Waals surface area contributed by atoms with E-state index in [0.717, 1.165) is 29.7 Å². The van der Waals surface area contributed by atoms with Crippen LogP contribution in [0, 0.1) is 17.7 Å². The number of hydrogen-bond acceptors (Lipinski definition) is 1. The van der Waals surface area contributed by atoms with Crippen molar-refractivity contribution in [2.75, 3.05) is 0 Å². The molecule has 1 aromatic heterocycles. The van der Waals surface area contributed by atoms with Crippen molar-refractivity contribution in [2.24, 2.45) is 11.8 Å². The Labute approximate surface area is 174 Å². The molecule has 1 heterocycles. The van der Waals surface area contributed by atoms with Gasteiger partial charge in [0, 0.05) is 16.7 Å². The molecule has 1 fully saturated rings. The van der Waals surface area contributed by atoms with Crippen LogP contribution in [0.5, 0.6) is 0 Å². The van der Waals surface area contributed by atoms with Crippen molar-refractivity contribution in [3.05, 3.63) is 58.0 Å². The van der Waals surface area contributed by atoms with Gasteiger partial charge in [0.25, 0.3) is 0 Å². The maximum Gasteiger partial charge on any atom is 0.123 e. The summed E-state index contributed by atoms with van der Waals surface area (Å²) in [7, 11) is 0. The normalized spacial score (nSPS) is 18.1. The Morgan fingerprint density at radius 1 is 1.10 bits per heavy atom. The Bertz CT molecular complexity index is 1010. The highest BCUT2D eigenvalue weighted by atomic mass is 19.1. The van der Waals surface area contributed by atoms with Crippen LogP contribution in [0.15, 0.2) is 30.3 Å². The Hall–Kier alpha value is -2.22. The van der Waals surface area contributed by atoms with Crippen molar-refractivity contribution in [2.45, 2.75) is 65.2 Å². The molecule has 2 unspecified atom stereocenters. The van der Waals surface area contributed by atoms with Crippen LogP contribution in [0.3, 0.4) is 0 Å². The molecule has 29 heavy (non-hydrogen) atoms. The number of rotatable bonds is 7. The molecule has 2 aromatic rings. The summed E-state index contributed by atoms with van der Waals surface area (Å²) in [4.78, 5) is 5.12. The van der Waals surface area contributed by atoms with Gasteiger partial charge in [-0.15, -0.1) is 0 Å². The topological polar surface area (TPSA) is 12.9 Å². The number of halogens is 1. The average Bonchev–Trinajstić information content (AvgIpc) is 3.57. The predicted octanol–water partition coefficient (Wildman–Crippen LogP) is 6.21. The standard InChI is InChI=1S/C27H32FN/c1-4-18(2)17-19(3)9-16-24-26(20-12-14-22(28)15-13-20)23-7-5-6-8-25(23)29-27(24)21-10-11-21/h7-9,12-16,18-19,21H,4-6,10-11,17H2,1-3H3/b16-9+. The van der Waals surface area contributed by atoms with Gasteiger partial charge in [-0.3, -0.25) is 4.98 Å².